The summed E-state index contributed by atoms with van der Waals surface area (Å²) in [4.78, 5) is 30.0. The third-order valence-electron chi connectivity index (χ3n) is 5.74. The number of amides is 2. The predicted molar refractivity (Wildman–Crippen MR) is 123 cm³/mol. The van der Waals surface area contributed by atoms with Crippen LogP contribution in [0.4, 0.5) is 0 Å². The lowest BCUT2D eigenvalue weighted by atomic mass is 9.95. The van der Waals surface area contributed by atoms with Gasteiger partial charge in [0.25, 0.3) is 5.91 Å². The van der Waals surface area contributed by atoms with Crippen LogP contribution >= 0.6 is 0 Å². The van der Waals surface area contributed by atoms with Crippen molar-refractivity contribution in [3.8, 4) is 28.6 Å². The van der Waals surface area contributed by atoms with Crippen LogP contribution in [0.1, 0.15) is 48.3 Å². The highest BCUT2D eigenvalue weighted by molar-refractivity contribution is 5.92. The average Bonchev–Trinajstić information content (AvgIpc) is 3.24. The summed E-state index contributed by atoms with van der Waals surface area (Å²) in [5.74, 6) is -1.21. The van der Waals surface area contributed by atoms with Crippen molar-refractivity contribution in [2.24, 2.45) is 0 Å². The molecule has 1 aliphatic carbocycles. The molecule has 0 bridgehead atoms. The van der Waals surface area contributed by atoms with Crippen LogP contribution in [0.3, 0.4) is 0 Å². The van der Waals surface area contributed by atoms with Crippen molar-refractivity contribution >= 4 is 11.8 Å². The fourth-order valence-corrected chi connectivity index (χ4v) is 3.96. The molecular weight excluding hydrogens is 438 g/mol. The van der Waals surface area contributed by atoms with E-state index in [0.717, 1.165) is 37.7 Å². The smallest absolute Gasteiger partial charge is 0.289 e. The second-order valence-electron chi connectivity index (χ2n) is 8.38. The van der Waals surface area contributed by atoms with E-state index in [1.54, 1.807) is 24.3 Å². The fraction of sp³-hybridized carbons (Fsp3) is 0.333. The van der Waals surface area contributed by atoms with E-state index in [-0.39, 0.29) is 53.9 Å². The van der Waals surface area contributed by atoms with Crippen molar-refractivity contribution in [2.75, 3.05) is 0 Å². The van der Waals surface area contributed by atoms with Crippen LogP contribution in [-0.2, 0) is 17.9 Å². The van der Waals surface area contributed by atoms with Gasteiger partial charge in [-0.2, -0.15) is 0 Å². The number of aromatic nitrogens is 3. The summed E-state index contributed by atoms with van der Waals surface area (Å²) in [7, 11) is 0. The van der Waals surface area contributed by atoms with Crippen LogP contribution in [0, 0.1) is 0 Å². The molecule has 1 saturated carbocycles. The molecule has 0 aliphatic heterocycles. The van der Waals surface area contributed by atoms with Gasteiger partial charge < -0.3 is 26.0 Å². The third kappa shape index (κ3) is 5.64. The Hall–Kier alpha value is -4.08. The molecule has 1 aromatic heterocycles. The molecular formula is C24H27N5O5. The van der Waals surface area contributed by atoms with Gasteiger partial charge in [-0.05, 0) is 48.7 Å². The molecule has 178 valence electrons. The summed E-state index contributed by atoms with van der Waals surface area (Å²) in [6, 6.07) is 10.7. The first kappa shape index (κ1) is 23.1. The maximum atomic E-state index is 13.0. The van der Waals surface area contributed by atoms with Gasteiger partial charge in [-0.25, -0.2) is 9.67 Å². The van der Waals surface area contributed by atoms with E-state index in [9.17, 15) is 24.9 Å². The summed E-state index contributed by atoms with van der Waals surface area (Å²) in [5, 5.41) is 39.1. The zero-order valence-corrected chi connectivity index (χ0v) is 18.6. The van der Waals surface area contributed by atoms with Gasteiger partial charge in [0.15, 0.2) is 17.3 Å². The van der Waals surface area contributed by atoms with Crippen LogP contribution in [-0.4, -0.2) is 47.9 Å². The quantitative estimate of drug-likeness (QED) is 0.336. The van der Waals surface area contributed by atoms with Crippen molar-refractivity contribution in [2.45, 2.75) is 51.2 Å². The molecule has 3 aromatic rings. The van der Waals surface area contributed by atoms with E-state index in [4.69, 9.17) is 0 Å². The van der Waals surface area contributed by atoms with Crippen LogP contribution in [0.5, 0.6) is 17.2 Å². The first-order valence-electron chi connectivity index (χ1n) is 11.2. The number of hydrogen-bond acceptors (Lipinski definition) is 7. The van der Waals surface area contributed by atoms with Gasteiger partial charge in [-0.3, -0.25) is 9.59 Å². The minimum atomic E-state index is -0.422. The number of nitrogens with zero attached hydrogens (tertiary/aromatic N) is 3. The van der Waals surface area contributed by atoms with Gasteiger partial charge in [0.2, 0.25) is 11.7 Å². The van der Waals surface area contributed by atoms with E-state index >= 15 is 0 Å². The Kier molecular flexibility index (Phi) is 6.95. The van der Waals surface area contributed by atoms with Crippen LogP contribution in [0.15, 0.2) is 42.5 Å². The number of nitrogens with one attached hydrogen (secondary N) is 2. The summed E-state index contributed by atoms with van der Waals surface area (Å²) < 4.78 is 1.23. The summed E-state index contributed by atoms with van der Waals surface area (Å²) in [6.07, 6.45) is 5.03. The Morgan fingerprint density at radius 1 is 1.00 bits per heavy atom. The second-order valence-corrected chi connectivity index (χ2v) is 8.38. The fourth-order valence-electron chi connectivity index (χ4n) is 3.96. The minimum absolute atomic E-state index is 0.0133. The van der Waals surface area contributed by atoms with Gasteiger partial charge in [0, 0.05) is 18.2 Å². The molecule has 0 saturated heterocycles. The van der Waals surface area contributed by atoms with Crippen molar-refractivity contribution in [1.29, 1.82) is 0 Å². The molecule has 2 aromatic carbocycles. The third-order valence-corrected chi connectivity index (χ3v) is 5.74. The molecule has 5 N–H and O–H groups in total. The molecule has 1 aliphatic rings. The zero-order valence-electron chi connectivity index (χ0n) is 18.6. The maximum absolute atomic E-state index is 13.0. The highest BCUT2D eigenvalue weighted by atomic mass is 16.3. The molecule has 0 atom stereocenters. The summed E-state index contributed by atoms with van der Waals surface area (Å²) >= 11 is 0. The lowest BCUT2D eigenvalue weighted by molar-refractivity contribution is -0.122. The molecule has 10 nitrogen and oxygen atoms in total. The SMILES string of the molecule is O=C(Cn1nc(-c2ccc(O)c(O)c2)nc1C(=O)NC1CCCCC1)NCc1cccc(O)c1. The number of benzene rings is 2. The minimum Gasteiger partial charge on any atom is -0.508 e. The monoisotopic (exact) mass is 465 g/mol. The van der Waals surface area contributed by atoms with E-state index in [1.165, 1.54) is 22.9 Å². The molecule has 4 rings (SSSR count). The first-order valence-corrected chi connectivity index (χ1v) is 11.2. The van der Waals surface area contributed by atoms with Crippen LogP contribution in [0.25, 0.3) is 11.4 Å². The van der Waals surface area contributed by atoms with E-state index in [0.29, 0.717) is 5.56 Å². The lowest BCUT2D eigenvalue weighted by Crippen LogP contribution is -2.38. The van der Waals surface area contributed by atoms with Gasteiger partial charge >= 0.3 is 0 Å². The Bertz CT molecular complexity index is 1190. The van der Waals surface area contributed by atoms with Gasteiger partial charge in [0.05, 0.1) is 0 Å². The van der Waals surface area contributed by atoms with Gasteiger partial charge in [-0.1, -0.05) is 31.4 Å². The van der Waals surface area contributed by atoms with Crippen LogP contribution in [0.2, 0.25) is 0 Å². The van der Waals surface area contributed by atoms with E-state index < -0.39 is 5.91 Å². The van der Waals surface area contributed by atoms with Crippen LogP contribution < -0.4 is 10.6 Å². The normalized spacial score (nSPS) is 14.0. The molecule has 2 amide bonds. The number of hydrogen-bond donors (Lipinski definition) is 5. The first-order chi connectivity index (χ1) is 16.4. The van der Waals surface area contributed by atoms with Crippen molar-refractivity contribution in [1.82, 2.24) is 25.4 Å². The molecule has 0 radical (unpaired) electrons. The highest BCUT2D eigenvalue weighted by Gasteiger charge is 2.24. The van der Waals surface area contributed by atoms with Crippen molar-refractivity contribution in [3.63, 3.8) is 0 Å². The summed E-state index contributed by atoms with van der Waals surface area (Å²) in [5.41, 5.74) is 1.11. The maximum Gasteiger partial charge on any atom is 0.289 e. The average molecular weight is 466 g/mol. The number of phenolic OH excluding ortho intramolecular Hbond substituents is 3. The summed E-state index contributed by atoms with van der Waals surface area (Å²) in [6.45, 7) is -0.0481. The van der Waals surface area contributed by atoms with Crippen molar-refractivity contribution < 1.29 is 24.9 Å². The van der Waals surface area contributed by atoms with E-state index in [1.807, 2.05) is 0 Å². The highest BCUT2D eigenvalue weighted by Crippen LogP contribution is 2.29. The Labute approximate surface area is 196 Å². The number of rotatable bonds is 7. The predicted octanol–water partition coefficient (Wildman–Crippen LogP) is 2.44. The largest absolute Gasteiger partial charge is 0.508 e. The van der Waals surface area contributed by atoms with Gasteiger partial charge in [-0.15, -0.1) is 5.10 Å². The Morgan fingerprint density at radius 2 is 1.79 bits per heavy atom. The number of carbonyl (C=O) groups excluding carboxylic acids is 2. The molecule has 1 fully saturated rings. The van der Waals surface area contributed by atoms with E-state index in [2.05, 4.69) is 20.7 Å². The molecule has 0 unspecified atom stereocenters. The number of phenols is 3. The Balaban J connectivity index is 1.54. The standard InChI is InChI=1S/C24H27N5O5/c30-18-8-4-5-15(11-18)13-25-21(33)14-29-23(24(34)26-17-6-2-1-3-7-17)27-22(28-29)16-9-10-19(31)20(32)12-16/h4-5,8-12,17,30-32H,1-3,6-7,13-14H2,(H,25,33)(H,26,34). The lowest BCUT2D eigenvalue weighted by Gasteiger charge is -2.22. The molecule has 0 spiro atoms. The Morgan fingerprint density at radius 3 is 2.53 bits per heavy atom. The molecule has 10 heteroatoms. The second kappa shape index (κ2) is 10.2. The molecule has 1 heterocycles. The number of carbonyl (C=O) groups is 2. The van der Waals surface area contributed by atoms with Crippen molar-refractivity contribution in [3.05, 3.63) is 53.9 Å². The topological polar surface area (TPSA) is 150 Å². The number of aromatic hydroxyl groups is 3. The van der Waals surface area contributed by atoms with Gasteiger partial charge in [0.1, 0.15) is 12.3 Å². The molecule has 34 heavy (non-hydrogen) atoms. The zero-order chi connectivity index (χ0) is 24.1.